The Bertz CT molecular complexity index is 1510. The van der Waals surface area contributed by atoms with Gasteiger partial charge in [0.1, 0.15) is 17.7 Å². The standard InChI is InChI=1S/C25H20ClFN6O2/c1-13-22(25(34)31-17-4-6-20-15(9-17)12-29-33-20)23(18-5-3-16(26)11-19(18)27)32-24(30-13)14-7-8-28-21(10-14)35-2/h3-12,23H,1-2H3,(H,29,33)(H,30,32)(H,31,34). The van der Waals surface area contributed by atoms with Crippen molar-refractivity contribution in [1.29, 1.82) is 0 Å². The van der Waals surface area contributed by atoms with E-state index in [1.807, 2.05) is 6.07 Å². The molecule has 0 fully saturated rings. The van der Waals surface area contributed by atoms with Crippen LogP contribution in [0.3, 0.4) is 0 Å². The molecule has 1 atom stereocenters. The van der Waals surface area contributed by atoms with Crippen LogP contribution in [-0.4, -0.2) is 34.0 Å². The predicted molar refractivity (Wildman–Crippen MR) is 132 cm³/mol. The molecule has 2 aromatic heterocycles. The van der Waals surface area contributed by atoms with E-state index in [4.69, 9.17) is 21.3 Å². The summed E-state index contributed by atoms with van der Waals surface area (Å²) in [5.41, 5.74) is 3.15. The summed E-state index contributed by atoms with van der Waals surface area (Å²) >= 11 is 5.98. The highest BCUT2D eigenvalue weighted by atomic mass is 35.5. The van der Waals surface area contributed by atoms with Crippen molar-refractivity contribution < 1.29 is 13.9 Å². The van der Waals surface area contributed by atoms with Gasteiger partial charge in [0.15, 0.2) is 0 Å². The van der Waals surface area contributed by atoms with Gasteiger partial charge in [0.2, 0.25) is 5.88 Å². The van der Waals surface area contributed by atoms with E-state index in [-0.39, 0.29) is 16.2 Å². The van der Waals surface area contributed by atoms with Crippen molar-refractivity contribution in [3.63, 3.8) is 0 Å². The van der Waals surface area contributed by atoms with Crippen LogP contribution in [-0.2, 0) is 4.79 Å². The third-order valence-electron chi connectivity index (χ3n) is 5.66. The number of nitrogens with one attached hydrogen (secondary N) is 3. The minimum absolute atomic E-state index is 0.226. The van der Waals surface area contributed by atoms with Crippen molar-refractivity contribution in [2.24, 2.45) is 4.99 Å². The summed E-state index contributed by atoms with van der Waals surface area (Å²) in [5, 5.41) is 14.1. The van der Waals surface area contributed by atoms with Gasteiger partial charge in [-0.3, -0.25) is 14.9 Å². The van der Waals surface area contributed by atoms with Crippen molar-refractivity contribution >= 4 is 39.9 Å². The Morgan fingerprint density at radius 1 is 1.17 bits per heavy atom. The maximum Gasteiger partial charge on any atom is 0.255 e. The van der Waals surface area contributed by atoms with Gasteiger partial charge in [0.05, 0.1) is 24.4 Å². The number of H-pyrrole nitrogens is 1. The van der Waals surface area contributed by atoms with Gasteiger partial charge >= 0.3 is 0 Å². The van der Waals surface area contributed by atoms with Crippen molar-refractivity contribution in [2.75, 3.05) is 12.4 Å². The Morgan fingerprint density at radius 3 is 2.83 bits per heavy atom. The molecule has 1 aliphatic heterocycles. The first-order chi connectivity index (χ1) is 16.9. The number of aromatic amines is 1. The third kappa shape index (κ3) is 4.45. The van der Waals surface area contributed by atoms with Gasteiger partial charge in [-0.2, -0.15) is 5.10 Å². The number of carbonyl (C=O) groups is 1. The molecule has 10 heteroatoms. The van der Waals surface area contributed by atoms with E-state index in [0.717, 1.165) is 10.9 Å². The molecule has 0 aliphatic carbocycles. The number of anilines is 1. The van der Waals surface area contributed by atoms with Crippen LogP contribution in [0.2, 0.25) is 5.02 Å². The Labute approximate surface area is 204 Å². The van der Waals surface area contributed by atoms with Crippen molar-refractivity contribution in [3.05, 3.63) is 94.2 Å². The largest absolute Gasteiger partial charge is 0.481 e. The van der Waals surface area contributed by atoms with E-state index in [2.05, 4.69) is 25.8 Å². The fourth-order valence-corrected chi connectivity index (χ4v) is 4.11. The van der Waals surface area contributed by atoms with Crippen LogP contribution in [0.25, 0.3) is 10.9 Å². The second-order valence-electron chi connectivity index (χ2n) is 7.92. The number of halogens is 2. The zero-order valence-corrected chi connectivity index (χ0v) is 19.5. The Kier molecular flexibility index (Phi) is 5.92. The van der Waals surface area contributed by atoms with E-state index in [1.54, 1.807) is 55.7 Å². The molecule has 1 amide bonds. The Morgan fingerprint density at radius 2 is 2.03 bits per heavy atom. The van der Waals surface area contributed by atoms with Crippen molar-refractivity contribution in [2.45, 2.75) is 13.0 Å². The lowest BCUT2D eigenvalue weighted by atomic mass is 9.94. The summed E-state index contributed by atoms with van der Waals surface area (Å²) in [4.78, 5) is 22.3. The van der Waals surface area contributed by atoms with E-state index in [1.165, 1.54) is 13.2 Å². The second-order valence-corrected chi connectivity index (χ2v) is 8.36. The number of aromatic nitrogens is 3. The topological polar surface area (TPSA) is 104 Å². The van der Waals surface area contributed by atoms with Crippen LogP contribution in [0.15, 0.2) is 77.2 Å². The molecule has 0 radical (unpaired) electrons. The molecule has 0 spiro atoms. The van der Waals surface area contributed by atoms with Crippen LogP contribution in [0.1, 0.15) is 24.1 Å². The zero-order valence-electron chi connectivity index (χ0n) is 18.8. The number of rotatable bonds is 5. The molecule has 4 aromatic rings. The highest BCUT2D eigenvalue weighted by Gasteiger charge is 2.31. The van der Waals surface area contributed by atoms with Crippen LogP contribution in [0, 0.1) is 5.82 Å². The number of fused-ring (bicyclic) bond motifs is 1. The van der Waals surface area contributed by atoms with E-state index in [9.17, 15) is 4.79 Å². The molecule has 3 N–H and O–H groups in total. The smallest absolute Gasteiger partial charge is 0.255 e. The van der Waals surface area contributed by atoms with Crippen molar-refractivity contribution in [3.8, 4) is 5.88 Å². The number of benzene rings is 2. The predicted octanol–water partition coefficient (Wildman–Crippen LogP) is 4.76. The quantitative estimate of drug-likeness (QED) is 0.374. The lowest BCUT2D eigenvalue weighted by Crippen LogP contribution is -2.34. The first-order valence-corrected chi connectivity index (χ1v) is 11.1. The summed E-state index contributed by atoms with van der Waals surface area (Å²) in [6.07, 6.45) is 3.26. The number of pyridine rings is 1. The maximum absolute atomic E-state index is 15.0. The Hall–Kier alpha value is -4.24. The summed E-state index contributed by atoms with van der Waals surface area (Å²) < 4.78 is 20.3. The first kappa shape index (κ1) is 22.5. The number of hydrogen-bond acceptors (Lipinski definition) is 6. The molecule has 35 heavy (non-hydrogen) atoms. The highest BCUT2D eigenvalue weighted by Crippen LogP contribution is 2.35. The third-order valence-corrected chi connectivity index (χ3v) is 5.89. The molecular weight excluding hydrogens is 471 g/mol. The minimum atomic E-state index is -0.916. The van der Waals surface area contributed by atoms with Gasteiger partial charge in [-0.25, -0.2) is 9.37 Å². The number of carbonyl (C=O) groups excluding carboxylic acids is 1. The van der Waals surface area contributed by atoms with Gasteiger partial charge in [0, 0.05) is 45.2 Å². The highest BCUT2D eigenvalue weighted by molar-refractivity contribution is 6.30. The zero-order chi connectivity index (χ0) is 24.5. The normalized spacial score (nSPS) is 15.5. The first-order valence-electron chi connectivity index (χ1n) is 10.7. The van der Waals surface area contributed by atoms with E-state index in [0.29, 0.717) is 28.7 Å². The summed E-state index contributed by atoms with van der Waals surface area (Å²) in [5.74, 6) is -0.106. The summed E-state index contributed by atoms with van der Waals surface area (Å²) in [6.45, 7) is 1.75. The van der Waals surface area contributed by atoms with Gasteiger partial charge in [-0.05, 0) is 43.3 Å². The molecule has 3 heterocycles. The molecular formula is C25H20ClFN6O2. The van der Waals surface area contributed by atoms with Crippen LogP contribution >= 0.6 is 11.6 Å². The molecule has 0 bridgehead atoms. The number of amides is 1. The number of methoxy groups -OCH3 is 1. The van der Waals surface area contributed by atoms with Gasteiger partial charge in [-0.15, -0.1) is 0 Å². The molecule has 1 aliphatic rings. The lowest BCUT2D eigenvalue weighted by Gasteiger charge is -2.27. The van der Waals surface area contributed by atoms with Gasteiger partial charge in [0.25, 0.3) is 5.91 Å². The lowest BCUT2D eigenvalue weighted by molar-refractivity contribution is -0.113. The number of allylic oxidation sites excluding steroid dienone is 1. The Balaban J connectivity index is 1.55. The maximum atomic E-state index is 15.0. The molecule has 5 rings (SSSR count). The van der Waals surface area contributed by atoms with E-state index < -0.39 is 17.8 Å². The molecule has 0 saturated heterocycles. The molecule has 1 unspecified atom stereocenters. The minimum Gasteiger partial charge on any atom is -0.481 e. The number of hydrogen-bond donors (Lipinski definition) is 3. The van der Waals surface area contributed by atoms with Gasteiger partial charge in [-0.1, -0.05) is 17.7 Å². The average Bonchev–Trinajstić information content (AvgIpc) is 3.31. The summed E-state index contributed by atoms with van der Waals surface area (Å²) in [7, 11) is 1.52. The molecule has 2 aromatic carbocycles. The van der Waals surface area contributed by atoms with Crippen LogP contribution in [0.4, 0.5) is 10.1 Å². The van der Waals surface area contributed by atoms with Crippen LogP contribution in [0.5, 0.6) is 5.88 Å². The number of ether oxygens (including phenoxy) is 1. The fourth-order valence-electron chi connectivity index (χ4n) is 3.95. The average molecular weight is 491 g/mol. The van der Waals surface area contributed by atoms with Gasteiger partial charge < -0.3 is 15.4 Å². The van der Waals surface area contributed by atoms with Crippen molar-refractivity contribution in [1.82, 2.24) is 20.5 Å². The summed E-state index contributed by atoms with van der Waals surface area (Å²) in [6, 6.07) is 12.3. The number of nitrogens with zero attached hydrogens (tertiary/aromatic N) is 3. The SMILES string of the molecule is COc1cc(C2=NC(c3ccc(Cl)cc3F)C(C(=O)Nc3ccc4[nH]ncc4c3)=C(C)N2)ccn1. The van der Waals surface area contributed by atoms with Crippen LogP contribution < -0.4 is 15.4 Å². The van der Waals surface area contributed by atoms with E-state index >= 15 is 4.39 Å². The molecule has 0 saturated carbocycles. The number of aliphatic imine (C=N–C) groups is 1. The fraction of sp³-hybridized carbons (Fsp3) is 0.120. The number of amidine groups is 1. The molecule has 8 nitrogen and oxygen atoms in total. The second kappa shape index (κ2) is 9.19. The molecule has 176 valence electrons. The monoisotopic (exact) mass is 490 g/mol.